The van der Waals surface area contributed by atoms with Crippen molar-refractivity contribution in [3.63, 3.8) is 0 Å². The molecule has 6 nitrogen and oxygen atoms in total. The third-order valence-corrected chi connectivity index (χ3v) is 4.10. The van der Waals surface area contributed by atoms with Gasteiger partial charge in [-0.25, -0.2) is 0 Å². The second kappa shape index (κ2) is 7.73. The molecule has 0 aliphatic heterocycles. The van der Waals surface area contributed by atoms with E-state index in [4.69, 9.17) is 0 Å². The quantitative estimate of drug-likeness (QED) is 0.715. The van der Waals surface area contributed by atoms with Crippen LogP contribution < -0.4 is 16.0 Å². The Hall–Kier alpha value is -1.41. The van der Waals surface area contributed by atoms with Crippen molar-refractivity contribution in [1.29, 1.82) is 0 Å². The highest BCUT2D eigenvalue weighted by atomic mass is 79.9. The molecule has 0 bridgehead atoms. The number of amides is 3. The lowest BCUT2D eigenvalue weighted by Crippen LogP contribution is -2.50. The van der Waals surface area contributed by atoms with Crippen molar-refractivity contribution in [3.05, 3.63) is 20.8 Å². The Kier molecular flexibility index (Phi) is 6.55. The molecule has 0 saturated carbocycles. The SMILES string of the molecule is CC(NC(=O)c1ccc(Br)s1)C(=O)NCC(=O)NC(C)(C)C. The van der Waals surface area contributed by atoms with E-state index in [2.05, 4.69) is 31.9 Å². The highest BCUT2D eigenvalue weighted by molar-refractivity contribution is 9.11. The first kappa shape index (κ1) is 18.6. The predicted molar refractivity (Wildman–Crippen MR) is 89.9 cm³/mol. The van der Waals surface area contributed by atoms with E-state index >= 15 is 0 Å². The molecule has 0 fully saturated rings. The van der Waals surface area contributed by atoms with Crippen LogP contribution >= 0.6 is 27.3 Å². The third kappa shape index (κ3) is 6.57. The molecule has 0 spiro atoms. The minimum Gasteiger partial charge on any atom is -0.350 e. The lowest BCUT2D eigenvalue weighted by atomic mass is 10.1. The number of nitrogens with one attached hydrogen (secondary N) is 3. The van der Waals surface area contributed by atoms with Gasteiger partial charge in [0.2, 0.25) is 11.8 Å². The molecule has 1 aromatic rings. The number of carbonyl (C=O) groups is 3. The zero-order valence-corrected chi connectivity index (χ0v) is 15.4. The molecule has 3 N–H and O–H groups in total. The van der Waals surface area contributed by atoms with Crippen LogP contribution in [0, 0.1) is 0 Å². The lowest BCUT2D eigenvalue weighted by molar-refractivity contribution is -0.127. The monoisotopic (exact) mass is 389 g/mol. The van der Waals surface area contributed by atoms with Crippen LogP contribution in [0.2, 0.25) is 0 Å². The molecule has 122 valence electrons. The maximum Gasteiger partial charge on any atom is 0.262 e. The first-order valence-electron chi connectivity index (χ1n) is 6.73. The Morgan fingerprint density at radius 1 is 1.27 bits per heavy atom. The van der Waals surface area contributed by atoms with E-state index in [9.17, 15) is 14.4 Å². The smallest absolute Gasteiger partial charge is 0.262 e. The first-order valence-corrected chi connectivity index (χ1v) is 8.34. The zero-order valence-electron chi connectivity index (χ0n) is 13.0. The summed E-state index contributed by atoms with van der Waals surface area (Å²) >= 11 is 4.56. The van der Waals surface area contributed by atoms with Crippen LogP contribution in [0.3, 0.4) is 0 Å². The number of rotatable bonds is 5. The number of halogens is 1. The summed E-state index contributed by atoms with van der Waals surface area (Å²) in [6.07, 6.45) is 0. The van der Waals surface area contributed by atoms with Gasteiger partial charge in [0, 0.05) is 5.54 Å². The van der Waals surface area contributed by atoms with Crippen LogP contribution in [0.5, 0.6) is 0 Å². The highest BCUT2D eigenvalue weighted by Crippen LogP contribution is 2.21. The molecule has 0 saturated heterocycles. The number of carbonyl (C=O) groups excluding carboxylic acids is 3. The van der Waals surface area contributed by atoms with Gasteiger partial charge < -0.3 is 16.0 Å². The molecular weight excluding hydrogens is 370 g/mol. The molecule has 8 heteroatoms. The summed E-state index contributed by atoms with van der Waals surface area (Å²) in [7, 11) is 0. The van der Waals surface area contributed by atoms with Crippen LogP contribution in [-0.2, 0) is 9.59 Å². The Morgan fingerprint density at radius 3 is 2.41 bits per heavy atom. The van der Waals surface area contributed by atoms with Crippen molar-refractivity contribution in [2.45, 2.75) is 39.3 Å². The van der Waals surface area contributed by atoms with Crippen LogP contribution in [0.4, 0.5) is 0 Å². The molecule has 0 aliphatic carbocycles. The molecule has 0 radical (unpaired) electrons. The standard InChI is InChI=1S/C14H20BrN3O3S/c1-8(17-13(21)9-5-6-10(15)22-9)12(20)16-7-11(19)18-14(2,3)4/h5-6,8H,7H2,1-4H3,(H,16,20)(H,17,21)(H,18,19). The molecule has 3 amide bonds. The van der Waals surface area contributed by atoms with Crippen molar-refractivity contribution in [1.82, 2.24) is 16.0 Å². The second-order valence-corrected chi connectivity index (χ2v) is 8.28. The normalized spacial score (nSPS) is 12.4. The van der Waals surface area contributed by atoms with Gasteiger partial charge in [-0.3, -0.25) is 14.4 Å². The van der Waals surface area contributed by atoms with E-state index < -0.39 is 11.9 Å². The van der Waals surface area contributed by atoms with E-state index in [1.165, 1.54) is 11.3 Å². The Balaban J connectivity index is 2.42. The number of hydrogen-bond acceptors (Lipinski definition) is 4. The van der Waals surface area contributed by atoms with Gasteiger partial charge in [0.25, 0.3) is 5.91 Å². The fraction of sp³-hybridized carbons (Fsp3) is 0.500. The van der Waals surface area contributed by atoms with Gasteiger partial charge in [0.05, 0.1) is 15.2 Å². The second-order valence-electron chi connectivity index (χ2n) is 5.81. The summed E-state index contributed by atoms with van der Waals surface area (Å²) in [5.41, 5.74) is -0.353. The predicted octanol–water partition coefficient (Wildman–Crippen LogP) is 1.66. The largest absolute Gasteiger partial charge is 0.350 e. The van der Waals surface area contributed by atoms with Crippen molar-refractivity contribution in [3.8, 4) is 0 Å². The van der Waals surface area contributed by atoms with Gasteiger partial charge in [-0.2, -0.15) is 0 Å². The summed E-state index contributed by atoms with van der Waals surface area (Å²) in [5.74, 6) is -1.01. The van der Waals surface area contributed by atoms with Crippen molar-refractivity contribution in [2.75, 3.05) is 6.54 Å². The third-order valence-electron chi connectivity index (χ3n) is 2.48. The van der Waals surface area contributed by atoms with E-state index in [-0.39, 0.29) is 23.9 Å². The Labute approximate surface area is 142 Å². The van der Waals surface area contributed by atoms with Gasteiger partial charge >= 0.3 is 0 Å². The lowest BCUT2D eigenvalue weighted by Gasteiger charge is -2.21. The van der Waals surface area contributed by atoms with Gasteiger partial charge in [-0.15, -0.1) is 11.3 Å². The maximum absolute atomic E-state index is 11.9. The molecule has 1 atom stereocenters. The molecule has 22 heavy (non-hydrogen) atoms. The maximum atomic E-state index is 11.9. The van der Waals surface area contributed by atoms with Crippen LogP contribution in [0.15, 0.2) is 15.9 Å². The van der Waals surface area contributed by atoms with Crippen LogP contribution in [-0.4, -0.2) is 35.8 Å². The molecule has 1 heterocycles. The first-order chi connectivity index (χ1) is 10.1. The molecular formula is C14H20BrN3O3S. The van der Waals surface area contributed by atoms with Crippen molar-refractivity contribution >= 4 is 45.0 Å². The van der Waals surface area contributed by atoms with Gasteiger partial charge in [-0.1, -0.05) is 0 Å². The van der Waals surface area contributed by atoms with E-state index in [1.54, 1.807) is 19.1 Å². The summed E-state index contributed by atoms with van der Waals surface area (Å²) in [5, 5.41) is 7.82. The Morgan fingerprint density at radius 2 is 1.91 bits per heavy atom. The van der Waals surface area contributed by atoms with Crippen LogP contribution in [0.25, 0.3) is 0 Å². The summed E-state index contributed by atoms with van der Waals surface area (Å²) < 4.78 is 0.841. The summed E-state index contributed by atoms with van der Waals surface area (Å²) in [6, 6.07) is 2.71. The molecule has 1 rings (SSSR count). The van der Waals surface area contributed by atoms with Gasteiger partial charge in [0.15, 0.2) is 0 Å². The summed E-state index contributed by atoms with van der Waals surface area (Å²) in [6.45, 7) is 7.01. The number of thiophene rings is 1. The minimum absolute atomic E-state index is 0.124. The fourth-order valence-electron chi connectivity index (χ4n) is 1.55. The molecule has 0 aromatic carbocycles. The zero-order chi connectivity index (χ0) is 16.9. The number of hydrogen-bond donors (Lipinski definition) is 3. The molecule has 0 aliphatic rings. The minimum atomic E-state index is -0.726. The van der Waals surface area contributed by atoms with E-state index in [1.807, 2.05) is 20.8 Å². The average Bonchev–Trinajstić information content (AvgIpc) is 2.80. The van der Waals surface area contributed by atoms with Crippen LogP contribution in [0.1, 0.15) is 37.4 Å². The fourth-order valence-corrected chi connectivity index (χ4v) is 2.84. The van der Waals surface area contributed by atoms with Crippen molar-refractivity contribution < 1.29 is 14.4 Å². The molecule has 1 unspecified atom stereocenters. The Bertz CT molecular complexity index is 566. The average molecular weight is 390 g/mol. The molecule has 1 aromatic heterocycles. The van der Waals surface area contributed by atoms with E-state index in [0.717, 1.165) is 3.79 Å². The topological polar surface area (TPSA) is 87.3 Å². The summed E-state index contributed by atoms with van der Waals surface area (Å²) in [4.78, 5) is 35.9. The highest BCUT2D eigenvalue weighted by Gasteiger charge is 2.19. The van der Waals surface area contributed by atoms with Gasteiger partial charge in [0.1, 0.15) is 6.04 Å². The van der Waals surface area contributed by atoms with Crippen molar-refractivity contribution in [2.24, 2.45) is 0 Å². The van der Waals surface area contributed by atoms with Gasteiger partial charge in [-0.05, 0) is 55.8 Å². The van der Waals surface area contributed by atoms with E-state index in [0.29, 0.717) is 4.88 Å².